The van der Waals surface area contributed by atoms with Crippen LogP contribution in [0.3, 0.4) is 0 Å². The molecule has 0 spiro atoms. The molecule has 0 aromatic heterocycles. The number of phenols is 3. The smallest absolute Gasteiger partial charge is 0.170 e. The van der Waals surface area contributed by atoms with E-state index in [4.69, 9.17) is 0 Å². The first kappa shape index (κ1) is 26.2. The number of rotatable bonds is 15. The van der Waals surface area contributed by atoms with E-state index in [1.54, 1.807) is 0 Å². The maximum absolute atomic E-state index is 12.1. The maximum Gasteiger partial charge on any atom is 0.170 e. The third-order valence-electron chi connectivity index (χ3n) is 4.65. The van der Waals surface area contributed by atoms with Crippen LogP contribution in [0.2, 0.25) is 0 Å². The van der Waals surface area contributed by atoms with Gasteiger partial charge < -0.3 is 20.4 Å². The predicted molar refractivity (Wildman–Crippen MR) is 126 cm³/mol. The fourth-order valence-corrected chi connectivity index (χ4v) is 3.02. The lowest BCUT2D eigenvalue weighted by atomic mass is 10.0. The molecule has 0 saturated heterocycles. The van der Waals surface area contributed by atoms with Crippen LogP contribution in [-0.2, 0) is 0 Å². The molecule has 170 valence electrons. The van der Waals surface area contributed by atoms with Gasteiger partial charge in [0.15, 0.2) is 5.78 Å². The minimum atomic E-state index is -0.404. The number of hydrogen-bond donors (Lipinski definition) is 4. The van der Waals surface area contributed by atoms with Gasteiger partial charge in [-0.05, 0) is 44.9 Å². The first-order valence-electron chi connectivity index (χ1n) is 11.0. The monoisotopic (exact) mass is 428 g/mol. The zero-order valence-corrected chi connectivity index (χ0v) is 18.4. The van der Waals surface area contributed by atoms with Gasteiger partial charge in [0.05, 0.1) is 6.10 Å². The topological polar surface area (TPSA) is 98.0 Å². The highest BCUT2D eigenvalue weighted by molar-refractivity contribution is 6.01. The number of aromatic hydroxyl groups is 3. The molecule has 0 saturated carbocycles. The minimum absolute atomic E-state index is 0.137. The number of unbranched alkanes of at least 4 members (excludes halogenated alkanes) is 1. The van der Waals surface area contributed by atoms with E-state index in [2.05, 4.69) is 37.3 Å². The summed E-state index contributed by atoms with van der Waals surface area (Å²) in [5, 5.41) is 38.3. The normalized spacial score (nSPS) is 13.2. The molecule has 0 aliphatic heterocycles. The summed E-state index contributed by atoms with van der Waals surface area (Å²) >= 11 is 0. The summed E-state index contributed by atoms with van der Waals surface area (Å²) in [7, 11) is 0. The van der Waals surface area contributed by atoms with E-state index in [-0.39, 0.29) is 29.6 Å². The zero-order chi connectivity index (χ0) is 22.9. The number of Topliss-reactive ketones (excluding diaryl/α,β-unsaturated/α-hetero) is 1. The molecule has 0 fully saturated rings. The third kappa shape index (κ3) is 11.8. The van der Waals surface area contributed by atoms with E-state index >= 15 is 0 Å². The van der Waals surface area contributed by atoms with Crippen molar-refractivity contribution in [2.45, 2.75) is 70.8 Å². The van der Waals surface area contributed by atoms with Crippen LogP contribution in [-0.4, -0.2) is 32.3 Å². The van der Waals surface area contributed by atoms with Gasteiger partial charge in [0.25, 0.3) is 0 Å². The van der Waals surface area contributed by atoms with Crippen molar-refractivity contribution >= 4 is 5.78 Å². The molecule has 31 heavy (non-hydrogen) atoms. The molecular formula is C26H36O5. The van der Waals surface area contributed by atoms with Crippen LogP contribution in [0.5, 0.6) is 17.2 Å². The van der Waals surface area contributed by atoms with Gasteiger partial charge in [-0.15, -0.1) is 0 Å². The Bertz CT molecular complexity index is 751. The molecule has 1 rings (SSSR count). The van der Waals surface area contributed by atoms with Crippen molar-refractivity contribution in [2.24, 2.45) is 0 Å². The van der Waals surface area contributed by atoms with Gasteiger partial charge in [-0.1, -0.05) is 62.0 Å². The van der Waals surface area contributed by atoms with Crippen LogP contribution < -0.4 is 0 Å². The molecule has 1 aromatic carbocycles. The number of allylic oxidation sites excluding steroid dienone is 7. The molecule has 5 heteroatoms. The molecule has 5 nitrogen and oxygen atoms in total. The van der Waals surface area contributed by atoms with Crippen LogP contribution in [0.15, 0.2) is 60.7 Å². The van der Waals surface area contributed by atoms with Crippen molar-refractivity contribution < 1.29 is 25.2 Å². The Kier molecular flexibility index (Phi) is 13.5. The summed E-state index contributed by atoms with van der Waals surface area (Å²) in [6, 6.07) is 2.09. The Morgan fingerprint density at radius 1 is 0.871 bits per heavy atom. The highest BCUT2D eigenvalue weighted by Gasteiger charge is 2.16. The number of carbonyl (C=O) groups excluding carboxylic acids is 1. The Morgan fingerprint density at radius 2 is 1.39 bits per heavy atom. The minimum Gasteiger partial charge on any atom is -0.508 e. The lowest BCUT2D eigenvalue weighted by Crippen LogP contribution is -2.02. The first-order valence-corrected chi connectivity index (χ1v) is 11.0. The average Bonchev–Trinajstić information content (AvgIpc) is 2.70. The number of ketones is 1. The van der Waals surface area contributed by atoms with Gasteiger partial charge in [0, 0.05) is 18.6 Å². The predicted octanol–water partition coefficient (Wildman–Crippen LogP) is 6.10. The molecular weight excluding hydrogens is 392 g/mol. The molecule has 1 aromatic rings. The van der Waals surface area contributed by atoms with Crippen LogP contribution in [0, 0.1) is 0 Å². The molecule has 0 radical (unpaired) electrons. The van der Waals surface area contributed by atoms with Crippen LogP contribution in [0.25, 0.3) is 0 Å². The molecule has 0 aliphatic rings. The maximum atomic E-state index is 12.1. The second kappa shape index (κ2) is 16.0. The number of aliphatic hydroxyl groups is 1. The first-order chi connectivity index (χ1) is 15.0. The number of benzene rings is 1. The molecule has 4 N–H and O–H groups in total. The highest BCUT2D eigenvalue weighted by Crippen LogP contribution is 2.33. The van der Waals surface area contributed by atoms with Gasteiger partial charge in [0.1, 0.15) is 22.8 Å². The molecule has 0 aliphatic carbocycles. The summed E-state index contributed by atoms with van der Waals surface area (Å²) in [4.78, 5) is 12.1. The fraction of sp³-hybridized carbons (Fsp3) is 0.423. The average molecular weight is 429 g/mol. The van der Waals surface area contributed by atoms with Crippen molar-refractivity contribution in [3.8, 4) is 17.2 Å². The number of hydrogen-bond acceptors (Lipinski definition) is 5. The lowest BCUT2D eigenvalue weighted by Gasteiger charge is -2.06. The SMILES string of the molecule is CCC[C@@H](O)C/C=C\C/C=C\C/C=C\C/C=C\CCCC(=O)c1c(O)cc(O)cc1O. The van der Waals surface area contributed by atoms with Crippen LogP contribution in [0.4, 0.5) is 0 Å². The number of aliphatic hydroxyl groups excluding tert-OH is 1. The van der Waals surface area contributed by atoms with Gasteiger partial charge in [-0.25, -0.2) is 0 Å². The largest absolute Gasteiger partial charge is 0.508 e. The number of phenolic OH excluding ortho intramolecular Hbond substituents is 3. The Morgan fingerprint density at radius 3 is 1.94 bits per heavy atom. The van der Waals surface area contributed by atoms with E-state index in [0.717, 1.165) is 57.1 Å². The van der Waals surface area contributed by atoms with Crippen LogP contribution >= 0.6 is 0 Å². The van der Waals surface area contributed by atoms with Gasteiger partial charge in [-0.3, -0.25) is 4.79 Å². The van der Waals surface area contributed by atoms with Crippen molar-refractivity contribution in [1.29, 1.82) is 0 Å². The second-order valence-corrected chi connectivity index (χ2v) is 7.45. The van der Waals surface area contributed by atoms with E-state index in [1.807, 2.05) is 18.2 Å². The Labute approximate surface area is 185 Å². The number of carbonyl (C=O) groups is 1. The molecule has 0 bridgehead atoms. The molecule has 0 amide bonds. The molecule has 0 heterocycles. The highest BCUT2D eigenvalue weighted by atomic mass is 16.3. The lowest BCUT2D eigenvalue weighted by molar-refractivity contribution is 0.0975. The van der Waals surface area contributed by atoms with Crippen molar-refractivity contribution in [2.75, 3.05) is 0 Å². The van der Waals surface area contributed by atoms with E-state index < -0.39 is 11.5 Å². The molecule has 0 unspecified atom stereocenters. The fourth-order valence-electron chi connectivity index (χ4n) is 3.02. The zero-order valence-electron chi connectivity index (χ0n) is 18.4. The summed E-state index contributed by atoms with van der Waals surface area (Å²) in [5.74, 6) is -1.44. The molecule has 1 atom stereocenters. The summed E-state index contributed by atoms with van der Waals surface area (Å²) in [6.45, 7) is 2.07. The van der Waals surface area contributed by atoms with E-state index in [1.165, 1.54) is 0 Å². The van der Waals surface area contributed by atoms with Crippen molar-refractivity contribution in [3.05, 3.63) is 66.3 Å². The van der Waals surface area contributed by atoms with E-state index in [0.29, 0.717) is 6.42 Å². The van der Waals surface area contributed by atoms with Crippen molar-refractivity contribution in [1.82, 2.24) is 0 Å². The van der Waals surface area contributed by atoms with Gasteiger partial charge in [-0.2, -0.15) is 0 Å². The van der Waals surface area contributed by atoms with E-state index in [9.17, 15) is 25.2 Å². The van der Waals surface area contributed by atoms with Gasteiger partial charge >= 0.3 is 0 Å². The Hall–Kier alpha value is -2.79. The second-order valence-electron chi connectivity index (χ2n) is 7.45. The summed E-state index contributed by atoms with van der Waals surface area (Å²) in [5.41, 5.74) is -0.137. The standard InChI is InChI=1S/C26H36O5/c1-2-16-21(27)17-14-12-10-8-6-4-3-5-7-9-11-13-15-18-23(29)26-24(30)19-22(28)20-25(26)31/h3,5-6,8-9,11-12,14,19-21,27-28,30-31H,2,4,7,10,13,15-18H2,1H3/b5-3-,8-6-,11-9-,14-12-/t21-/m1/s1. The van der Waals surface area contributed by atoms with Crippen LogP contribution in [0.1, 0.15) is 75.1 Å². The Balaban J connectivity index is 2.13. The quantitative estimate of drug-likeness (QED) is 0.154. The summed E-state index contributed by atoms with van der Waals surface area (Å²) in [6.07, 6.45) is 23.1. The van der Waals surface area contributed by atoms with Crippen molar-refractivity contribution in [3.63, 3.8) is 0 Å². The van der Waals surface area contributed by atoms with Gasteiger partial charge in [0.2, 0.25) is 0 Å². The summed E-state index contributed by atoms with van der Waals surface area (Å²) < 4.78 is 0. The third-order valence-corrected chi connectivity index (χ3v) is 4.65.